The van der Waals surface area contributed by atoms with E-state index in [9.17, 15) is 9.59 Å². The zero-order valence-corrected chi connectivity index (χ0v) is 23.9. The van der Waals surface area contributed by atoms with Crippen LogP contribution in [0.4, 0.5) is 10.8 Å². The number of fused-ring (bicyclic) bond motifs is 1. The number of amides is 2. The predicted molar refractivity (Wildman–Crippen MR) is 163 cm³/mol. The summed E-state index contributed by atoms with van der Waals surface area (Å²) in [6.07, 6.45) is 0.255. The third-order valence-electron chi connectivity index (χ3n) is 5.84. The molecule has 0 spiro atoms. The first-order valence-electron chi connectivity index (χ1n) is 12.1. The van der Waals surface area contributed by atoms with Crippen LogP contribution in [0, 0.1) is 0 Å². The average molecular weight is 602 g/mol. The highest BCUT2D eigenvalue weighted by atomic mass is 32.2. The van der Waals surface area contributed by atoms with Gasteiger partial charge in [-0.05, 0) is 29.8 Å². The van der Waals surface area contributed by atoms with Crippen molar-refractivity contribution in [1.82, 2.24) is 15.2 Å². The molecule has 0 radical (unpaired) electrons. The third-order valence-corrected chi connectivity index (χ3v) is 9.11. The maximum Gasteiger partial charge on any atom is 0.271 e. The monoisotopic (exact) mass is 601 g/mol. The number of carbonyl (C=O) groups excluding carboxylic acids is 2. The number of hydrogen-bond acceptors (Lipinski definition) is 10. The van der Waals surface area contributed by atoms with E-state index in [0.29, 0.717) is 41.6 Å². The van der Waals surface area contributed by atoms with Crippen LogP contribution in [0.3, 0.4) is 0 Å². The molecule has 1 saturated heterocycles. The minimum atomic E-state index is -0.424. The van der Waals surface area contributed by atoms with Crippen molar-refractivity contribution in [3.05, 3.63) is 106 Å². The number of thioether (sulfide) groups is 2. The standard InChI is InChI=1S/C28H19N5O3S4/c34-24(30-26-32-31-22(39-26)16-38-27-29-20-13-7-8-14-21(20)36-27)19(15-17-9-3-1-4-10-17)23-25(35)33(28(37)40-23)18-11-5-2-6-12-18/h1-14H,15-16H2,(H,30,32,34)/b23-19+. The highest BCUT2D eigenvalue weighted by Gasteiger charge is 2.37. The topological polar surface area (TPSA) is 101 Å². The number of nitrogens with zero attached hydrogens (tertiary/aromatic N) is 4. The van der Waals surface area contributed by atoms with Gasteiger partial charge >= 0.3 is 0 Å². The molecule has 1 aliphatic rings. The van der Waals surface area contributed by atoms with Gasteiger partial charge in [0.1, 0.15) is 10.5 Å². The average Bonchev–Trinajstić information content (AvgIpc) is 3.68. The van der Waals surface area contributed by atoms with Gasteiger partial charge in [-0.2, -0.15) is 0 Å². The molecule has 198 valence electrons. The Morgan fingerprint density at radius 1 is 0.975 bits per heavy atom. The summed E-state index contributed by atoms with van der Waals surface area (Å²) in [7, 11) is 0. The summed E-state index contributed by atoms with van der Waals surface area (Å²) < 4.78 is 6.12. The summed E-state index contributed by atoms with van der Waals surface area (Å²) >= 11 is 9.32. The van der Waals surface area contributed by atoms with E-state index in [1.165, 1.54) is 28.0 Å². The van der Waals surface area contributed by atoms with E-state index in [0.717, 1.165) is 28.4 Å². The van der Waals surface area contributed by atoms with Gasteiger partial charge in [-0.25, -0.2) is 4.98 Å². The van der Waals surface area contributed by atoms with Gasteiger partial charge in [-0.15, -0.1) is 10.2 Å². The van der Waals surface area contributed by atoms with Gasteiger partial charge in [0.15, 0.2) is 9.90 Å². The van der Waals surface area contributed by atoms with Gasteiger partial charge in [0.25, 0.3) is 17.0 Å². The summed E-state index contributed by atoms with van der Waals surface area (Å²) in [5.41, 5.74) is 3.38. The number of rotatable bonds is 8. The van der Waals surface area contributed by atoms with Gasteiger partial charge in [0, 0.05) is 12.0 Å². The van der Waals surface area contributed by atoms with Crippen molar-refractivity contribution in [2.75, 3.05) is 10.2 Å². The van der Waals surface area contributed by atoms with Crippen LogP contribution in [0.2, 0.25) is 0 Å². The Labute approximate surface area is 246 Å². The molecular weight excluding hydrogens is 583 g/mol. The fourth-order valence-corrected chi connectivity index (χ4v) is 6.90. The SMILES string of the molecule is O=C(Nc1nnc(CSc2nc3ccccc3o2)s1)/C(Cc1ccccc1)=C1/SC(=S)N(c2ccccc2)C1=O. The number of benzene rings is 3. The van der Waals surface area contributed by atoms with E-state index >= 15 is 0 Å². The number of oxazole rings is 1. The van der Waals surface area contributed by atoms with Crippen LogP contribution in [0.5, 0.6) is 0 Å². The van der Waals surface area contributed by atoms with Crippen molar-refractivity contribution in [2.24, 2.45) is 0 Å². The summed E-state index contributed by atoms with van der Waals surface area (Å²) in [6, 6.07) is 26.2. The Morgan fingerprint density at radius 2 is 1.70 bits per heavy atom. The lowest BCUT2D eigenvalue weighted by Crippen LogP contribution is -2.28. The van der Waals surface area contributed by atoms with Gasteiger partial charge in [0.05, 0.1) is 16.3 Å². The van der Waals surface area contributed by atoms with E-state index in [1.54, 1.807) is 0 Å². The highest BCUT2D eigenvalue weighted by molar-refractivity contribution is 8.27. The summed E-state index contributed by atoms with van der Waals surface area (Å²) in [6.45, 7) is 0. The predicted octanol–water partition coefficient (Wildman–Crippen LogP) is 6.47. The minimum Gasteiger partial charge on any atom is -0.431 e. The normalized spacial score (nSPS) is 14.7. The van der Waals surface area contributed by atoms with E-state index in [-0.39, 0.29) is 12.3 Å². The number of aromatic nitrogens is 3. The second kappa shape index (κ2) is 11.7. The Balaban J connectivity index is 1.22. The molecule has 2 aromatic heterocycles. The number of hydrogen-bond donors (Lipinski definition) is 1. The Kier molecular flexibility index (Phi) is 7.73. The summed E-state index contributed by atoms with van der Waals surface area (Å²) in [5.74, 6) is -0.269. The molecule has 12 heteroatoms. The Hall–Kier alpha value is -3.84. The van der Waals surface area contributed by atoms with Gasteiger partial charge in [-0.1, -0.05) is 108 Å². The molecule has 8 nitrogen and oxygen atoms in total. The van der Waals surface area contributed by atoms with Crippen LogP contribution in [-0.2, 0) is 21.8 Å². The molecule has 0 bridgehead atoms. The van der Waals surface area contributed by atoms with E-state index in [1.807, 2.05) is 84.9 Å². The zero-order chi connectivity index (χ0) is 27.5. The first kappa shape index (κ1) is 26.4. The lowest BCUT2D eigenvalue weighted by molar-refractivity contribution is -0.115. The van der Waals surface area contributed by atoms with Crippen LogP contribution in [0.25, 0.3) is 11.1 Å². The number of anilines is 2. The fourth-order valence-electron chi connectivity index (χ4n) is 3.99. The number of thiocarbonyl (C=S) groups is 1. The quantitative estimate of drug-likeness (QED) is 0.122. The van der Waals surface area contributed by atoms with Crippen molar-refractivity contribution in [2.45, 2.75) is 17.4 Å². The molecule has 0 unspecified atom stereocenters. The summed E-state index contributed by atoms with van der Waals surface area (Å²) in [5, 5.41) is 12.8. The van der Waals surface area contributed by atoms with E-state index < -0.39 is 5.91 Å². The van der Waals surface area contributed by atoms with E-state index in [2.05, 4.69) is 20.5 Å². The Bertz CT molecular complexity index is 1720. The number of nitrogens with one attached hydrogen (secondary N) is 1. The molecule has 6 rings (SSSR count). The van der Waals surface area contributed by atoms with Gasteiger partial charge in [-0.3, -0.25) is 19.8 Å². The first-order chi connectivity index (χ1) is 19.5. The molecule has 1 aliphatic heterocycles. The molecule has 2 amide bonds. The number of para-hydroxylation sites is 3. The van der Waals surface area contributed by atoms with Crippen LogP contribution in [0.15, 0.2) is 105 Å². The molecule has 1 N–H and O–H groups in total. The lowest BCUT2D eigenvalue weighted by Gasteiger charge is -2.14. The van der Waals surface area contributed by atoms with Gasteiger partial charge in [0.2, 0.25) is 5.13 Å². The molecular formula is C28H19N5O3S4. The maximum atomic E-state index is 13.6. The van der Waals surface area contributed by atoms with Crippen molar-refractivity contribution in [1.29, 1.82) is 0 Å². The van der Waals surface area contributed by atoms with E-state index in [4.69, 9.17) is 16.6 Å². The van der Waals surface area contributed by atoms with Crippen LogP contribution in [-0.4, -0.2) is 31.3 Å². The van der Waals surface area contributed by atoms with Crippen LogP contribution < -0.4 is 10.2 Å². The van der Waals surface area contributed by atoms with Crippen LogP contribution >= 0.6 is 47.1 Å². The van der Waals surface area contributed by atoms with Gasteiger partial charge < -0.3 is 4.42 Å². The largest absolute Gasteiger partial charge is 0.431 e. The molecule has 5 aromatic rings. The lowest BCUT2D eigenvalue weighted by atomic mass is 10.0. The van der Waals surface area contributed by atoms with Crippen molar-refractivity contribution >= 4 is 85.1 Å². The Morgan fingerprint density at radius 3 is 2.48 bits per heavy atom. The van der Waals surface area contributed by atoms with Crippen LogP contribution in [0.1, 0.15) is 10.6 Å². The summed E-state index contributed by atoms with van der Waals surface area (Å²) in [4.78, 5) is 33.3. The zero-order valence-electron chi connectivity index (χ0n) is 20.6. The molecule has 0 saturated carbocycles. The molecule has 1 fully saturated rings. The minimum absolute atomic E-state index is 0.255. The maximum absolute atomic E-state index is 13.6. The second-order valence-corrected chi connectivity index (χ2v) is 12.1. The van der Waals surface area contributed by atoms with Crippen molar-refractivity contribution in [3.8, 4) is 0 Å². The molecule has 40 heavy (non-hydrogen) atoms. The second-order valence-electron chi connectivity index (χ2n) is 8.51. The molecule has 0 atom stereocenters. The fraction of sp³-hybridized carbons (Fsp3) is 0.0714. The van der Waals surface area contributed by atoms with Crippen molar-refractivity contribution in [3.63, 3.8) is 0 Å². The first-order valence-corrected chi connectivity index (χ1v) is 15.1. The van der Waals surface area contributed by atoms with Crippen molar-refractivity contribution < 1.29 is 14.0 Å². The molecule has 0 aliphatic carbocycles. The molecule has 3 aromatic carbocycles. The third kappa shape index (κ3) is 5.70. The molecule has 3 heterocycles. The smallest absolute Gasteiger partial charge is 0.271 e. The number of carbonyl (C=O) groups is 2. The highest BCUT2D eigenvalue weighted by Crippen LogP contribution is 2.38.